The van der Waals surface area contributed by atoms with E-state index >= 15 is 0 Å². The number of rotatable bonds is 3. The summed E-state index contributed by atoms with van der Waals surface area (Å²) in [6.45, 7) is 6.70. The maximum Gasteiger partial charge on any atom is 0.0603 e. The molecule has 3 unspecified atom stereocenters. The number of hydrogen-bond acceptors (Lipinski definition) is 2. The molecule has 17 heavy (non-hydrogen) atoms. The quantitative estimate of drug-likeness (QED) is 0.867. The predicted molar refractivity (Wildman–Crippen MR) is 71.2 cm³/mol. The van der Waals surface area contributed by atoms with Crippen molar-refractivity contribution in [2.45, 2.75) is 32.3 Å². The van der Waals surface area contributed by atoms with E-state index < -0.39 is 0 Å². The van der Waals surface area contributed by atoms with E-state index in [1.165, 1.54) is 12.0 Å². The minimum atomic E-state index is 0.224. The summed E-state index contributed by atoms with van der Waals surface area (Å²) in [4.78, 5) is 0. The number of nitrogens with one attached hydrogen (secondary N) is 1. The highest BCUT2D eigenvalue weighted by atomic mass is 16.5. The van der Waals surface area contributed by atoms with Gasteiger partial charge in [-0.05, 0) is 25.5 Å². The molecule has 2 heteroatoms. The van der Waals surface area contributed by atoms with E-state index in [1.54, 1.807) is 0 Å². The fourth-order valence-electron chi connectivity index (χ4n) is 2.95. The molecule has 1 aliphatic rings. The summed E-state index contributed by atoms with van der Waals surface area (Å²) in [7, 11) is 1.82. The van der Waals surface area contributed by atoms with Crippen molar-refractivity contribution in [1.82, 2.24) is 5.32 Å². The van der Waals surface area contributed by atoms with Crippen LogP contribution in [0, 0.1) is 5.41 Å². The van der Waals surface area contributed by atoms with E-state index in [4.69, 9.17) is 4.74 Å². The number of methoxy groups -OCH3 is 1. The van der Waals surface area contributed by atoms with Crippen molar-refractivity contribution in [3.8, 4) is 0 Å². The first-order chi connectivity index (χ1) is 8.18. The van der Waals surface area contributed by atoms with Crippen LogP contribution in [0.2, 0.25) is 0 Å². The average molecular weight is 233 g/mol. The van der Waals surface area contributed by atoms with Crippen LogP contribution in [-0.2, 0) is 4.74 Å². The lowest BCUT2D eigenvalue weighted by atomic mass is 9.66. The lowest BCUT2D eigenvalue weighted by molar-refractivity contribution is -0.0207. The van der Waals surface area contributed by atoms with E-state index in [0.29, 0.717) is 5.92 Å². The van der Waals surface area contributed by atoms with Gasteiger partial charge in [-0.2, -0.15) is 0 Å². The average Bonchev–Trinajstić information content (AvgIpc) is 2.39. The van der Waals surface area contributed by atoms with Crippen LogP contribution >= 0.6 is 0 Å². The Bertz CT molecular complexity index is 351. The molecular weight excluding hydrogens is 210 g/mol. The van der Waals surface area contributed by atoms with Gasteiger partial charge >= 0.3 is 0 Å². The molecule has 2 nitrogen and oxygen atoms in total. The summed E-state index contributed by atoms with van der Waals surface area (Å²) < 4.78 is 5.62. The van der Waals surface area contributed by atoms with E-state index in [9.17, 15) is 0 Å². The van der Waals surface area contributed by atoms with Crippen molar-refractivity contribution in [2.75, 3.05) is 20.2 Å². The van der Waals surface area contributed by atoms with Gasteiger partial charge in [0.25, 0.3) is 0 Å². The second-order valence-electron chi connectivity index (χ2n) is 5.30. The van der Waals surface area contributed by atoms with Crippen LogP contribution in [0.4, 0.5) is 0 Å². The summed E-state index contributed by atoms with van der Waals surface area (Å²) in [6, 6.07) is 10.8. The van der Waals surface area contributed by atoms with Gasteiger partial charge < -0.3 is 10.1 Å². The van der Waals surface area contributed by atoms with Gasteiger partial charge in [0, 0.05) is 25.0 Å². The second kappa shape index (κ2) is 5.19. The zero-order chi connectivity index (χ0) is 12.3. The zero-order valence-electron chi connectivity index (χ0n) is 11.1. The van der Waals surface area contributed by atoms with Crippen LogP contribution in [0.15, 0.2) is 30.3 Å². The van der Waals surface area contributed by atoms with Crippen molar-refractivity contribution < 1.29 is 4.74 Å². The Labute approximate surface area is 104 Å². The second-order valence-corrected chi connectivity index (χ2v) is 5.30. The maximum atomic E-state index is 5.62. The van der Waals surface area contributed by atoms with Gasteiger partial charge in [0.05, 0.1) is 6.10 Å². The van der Waals surface area contributed by atoms with E-state index in [1.807, 2.05) is 7.11 Å². The molecule has 1 aromatic rings. The third kappa shape index (κ3) is 2.38. The topological polar surface area (TPSA) is 21.3 Å². The largest absolute Gasteiger partial charge is 0.381 e. The van der Waals surface area contributed by atoms with Crippen LogP contribution < -0.4 is 5.32 Å². The van der Waals surface area contributed by atoms with Gasteiger partial charge in [0.2, 0.25) is 0 Å². The van der Waals surface area contributed by atoms with Crippen molar-refractivity contribution in [3.05, 3.63) is 35.9 Å². The molecule has 1 N–H and O–H groups in total. The van der Waals surface area contributed by atoms with Gasteiger partial charge in [-0.25, -0.2) is 0 Å². The fourth-order valence-corrected chi connectivity index (χ4v) is 2.95. The lowest BCUT2D eigenvalue weighted by Gasteiger charge is -2.45. The Morgan fingerprint density at radius 3 is 2.71 bits per heavy atom. The highest BCUT2D eigenvalue weighted by Gasteiger charge is 2.41. The molecule has 0 saturated carbocycles. The third-order valence-corrected chi connectivity index (χ3v) is 4.47. The van der Waals surface area contributed by atoms with Gasteiger partial charge in [-0.3, -0.25) is 0 Å². The first kappa shape index (κ1) is 12.6. The van der Waals surface area contributed by atoms with Crippen molar-refractivity contribution in [2.24, 2.45) is 5.41 Å². The molecule has 0 radical (unpaired) electrons. The van der Waals surface area contributed by atoms with Crippen LogP contribution in [0.25, 0.3) is 0 Å². The molecular formula is C15H23NO. The van der Waals surface area contributed by atoms with Crippen molar-refractivity contribution in [3.63, 3.8) is 0 Å². The number of piperidine rings is 1. The van der Waals surface area contributed by atoms with Crippen molar-refractivity contribution in [1.29, 1.82) is 0 Å². The molecule has 3 atom stereocenters. The highest BCUT2D eigenvalue weighted by molar-refractivity contribution is 5.24. The van der Waals surface area contributed by atoms with Crippen molar-refractivity contribution >= 4 is 0 Å². The first-order valence-electron chi connectivity index (χ1n) is 6.47. The normalized spacial score (nSPS) is 31.1. The third-order valence-electron chi connectivity index (χ3n) is 4.47. The van der Waals surface area contributed by atoms with Crippen LogP contribution in [0.5, 0.6) is 0 Å². The maximum absolute atomic E-state index is 5.62. The Balaban J connectivity index is 2.29. The highest BCUT2D eigenvalue weighted by Crippen LogP contribution is 2.44. The summed E-state index contributed by atoms with van der Waals surface area (Å²) in [5.74, 6) is 0.535. The zero-order valence-corrected chi connectivity index (χ0v) is 11.1. The molecule has 94 valence electrons. The molecule has 0 aliphatic carbocycles. The molecule has 1 heterocycles. The smallest absolute Gasteiger partial charge is 0.0603 e. The standard InChI is InChI=1S/C15H23NO/c1-12(17-3)15(2)9-10-16-11-14(15)13-7-5-4-6-8-13/h4-8,12,14,16H,9-11H2,1-3H3. The van der Waals surface area contributed by atoms with Crippen LogP contribution in [-0.4, -0.2) is 26.3 Å². The van der Waals surface area contributed by atoms with Crippen LogP contribution in [0.1, 0.15) is 31.7 Å². The lowest BCUT2D eigenvalue weighted by Crippen LogP contribution is -2.48. The first-order valence-corrected chi connectivity index (χ1v) is 6.47. The molecule has 0 aromatic heterocycles. The molecule has 1 aliphatic heterocycles. The predicted octanol–water partition coefficient (Wildman–Crippen LogP) is 2.80. The number of benzene rings is 1. The monoisotopic (exact) mass is 233 g/mol. The minimum Gasteiger partial charge on any atom is -0.381 e. The molecule has 1 fully saturated rings. The van der Waals surface area contributed by atoms with E-state index in [2.05, 4.69) is 49.5 Å². The summed E-state index contributed by atoms with van der Waals surface area (Å²) >= 11 is 0. The summed E-state index contributed by atoms with van der Waals surface area (Å²) in [5.41, 5.74) is 1.65. The molecule has 1 saturated heterocycles. The number of hydrogen-bond donors (Lipinski definition) is 1. The van der Waals surface area contributed by atoms with Gasteiger partial charge in [0.15, 0.2) is 0 Å². The van der Waals surface area contributed by atoms with Gasteiger partial charge in [-0.1, -0.05) is 37.3 Å². The Kier molecular flexibility index (Phi) is 3.85. The Morgan fingerprint density at radius 1 is 1.35 bits per heavy atom. The molecule has 1 aromatic carbocycles. The SMILES string of the molecule is COC(C)C1(C)CCNCC1c1ccccc1. The Morgan fingerprint density at radius 2 is 2.06 bits per heavy atom. The number of ether oxygens (including phenoxy) is 1. The molecule has 0 bridgehead atoms. The van der Waals surface area contributed by atoms with Gasteiger partial charge in [0.1, 0.15) is 0 Å². The fraction of sp³-hybridized carbons (Fsp3) is 0.600. The minimum absolute atomic E-state index is 0.224. The summed E-state index contributed by atoms with van der Waals surface area (Å²) in [5, 5.41) is 3.51. The Hall–Kier alpha value is -0.860. The van der Waals surface area contributed by atoms with E-state index in [-0.39, 0.29) is 11.5 Å². The van der Waals surface area contributed by atoms with Crippen LogP contribution in [0.3, 0.4) is 0 Å². The molecule has 0 spiro atoms. The summed E-state index contributed by atoms with van der Waals surface area (Å²) in [6.07, 6.45) is 1.46. The van der Waals surface area contributed by atoms with Gasteiger partial charge in [-0.15, -0.1) is 0 Å². The molecule has 2 rings (SSSR count). The van der Waals surface area contributed by atoms with E-state index in [0.717, 1.165) is 13.1 Å². The molecule has 0 amide bonds.